The van der Waals surface area contributed by atoms with Gasteiger partial charge in [-0.1, -0.05) is 37.6 Å². The molecular weight excluding hydrogens is 246 g/mol. The minimum Gasteiger partial charge on any atom is -0.490 e. The lowest BCUT2D eigenvalue weighted by molar-refractivity contribution is 0.147. The van der Waals surface area contributed by atoms with Crippen molar-refractivity contribution in [2.75, 3.05) is 0 Å². The summed E-state index contributed by atoms with van der Waals surface area (Å²) in [7, 11) is 0. The van der Waals surface area contributed by atoms with Gasteiger partial charge >= 0.3 is 0 Å². The van der Waals surface area contributed by atoms with E-state index < -0.39 is 0 Å². The van der Waals surface area contributed by atoms with Gasteiger partial charge in [0.1, 0.15) is 6.10 Å². The molecule has 2 heteroatoms. The average Bonchev–Trinajstić information content (AvgIpc) is 2.49. The van der Waals surface area contributed by atoms with E-state index in [1.54, 1.807) is 6.08 Å². The third-order valence-corrected chi connectivity index (χ3v) is 3.53. The second-order valence-corrected chi connectivity index (χ2v) is 5.08. The van der Waals surface area contributed by atoms with Crippen LogP contribution in [0.2, 0.25) is 0 Å². The predicted octanol–water partition coefficient (Wildman–Crippen LogP) is 4.74. The number of ether oxygens (including phenoxy) is 1. The highest BCUT2D eigenvalue weighted by Gasteiger charge is 2.14. The predicted molar refractivity (Wildman–Crippen MR) is 81.8 cm³/mol. The van der Waals surface area contributed by atoms with E-state index in [2.05, 4.69) is 43.4 Å². The van der Waals surface area contributed by atoms with E-state index in [1.807, 2.05) is 6.08 Å². The topological polar surface area (TPSA) is 33.0 Å². The molecule has 0 aromatic carbocycles. The average molecular weight is 267 g/mol. The van der Waals surface area contributed by atoms with Gasteiger partial charge in [-0.05, 0) is 36.1 Å². The number of allylic oxidation sites excluding steroid dienone is 8. The van der Waals surface area contributed by atoms with Crippen LogP contribution in [0.4, 0.5) is 0 Å². The number of nitriles is 1. The smallest absolute Gasteiger partial charge is 0.120 e. The highest BCUT2D eigenvalue weighted by atomic mass is 16.5. The van der Waals surface area contributed by atoms with Gasteiger partial charge in [0.2, 0.25) is 0 Å². The van der Waals surface area contributed by atoms with Gasteiger partial charge in [-0.2, -0.15) is 5.26 Å². The highest BCUT2D eigenvalue weighted by Crippen LogP contribution is 2.28. The van der Waals surface area contributed by atoms with Crippen molar-refractivity contribution in [2.24, 2.45) is 0 Å². The largest absolute Gasteiger partial charge is 0.490 e. The van der Waals surface area contributed by atoms with Crippen LogP contribution in [-0.2, 0) is 4.74 Å². The summed E-state index contributed by atoms with van der Waals surface area (Å²) >= 11 is 0. The summed E-state index contributed by atoms with van der Waals surface area (Å²) in [5, 5.41) is 8.85. The molecule has 104 valence electrons. The van der Waals surface area contributed by atoms with Crippen molar-refractivity contribution in [3.8, 4) is 6.07 Å². The number of hydrogen-bond donors (Lipinski definition) is 0. The number of nitrogens with zero attached hydrogens (tertiary/aromatic N) is 1. The van der Waals surface area contributed by atoms with Crippen LogP contribution in [0.1, 0.15) is 39.0 Å². The standard InChI is InChI=1S/C18H21NO/c1-2-6-15(13-14-19)16-9-11-18(12-10-16)20-17-7-4-3-5-8-17/h3-5,7,9,11,13,17H,2,6,8,10,12H2,1H3. The minimum atomic E-state index is 0.172. The lowest BCUT2D eigenvalue weighted by Gasteiger charge is -2.21. The SMILES string of the molecule is CCCC(=CC#N)C1=CC=C(OC2C=CC=CC2)CC1. The lowest BCUT2D eigenvalue weighted by Crippen LogP contribution is -2.11. The second-order valence-electron chi connectivity index (χ2n) is 5.08. The van der Waals surface area contributed by atoms with E-state index in [0.717, 1.165) is 37.9 Å². The maximum Gasteiger partial charge on any atom is 0.120 e. The van der Waals surface area contributed by atoms with Crippen LogP contribution < -0.4 is 0 Å². The molecule has 0 fully saturated rings. The molecule has 20 heavy (non-hydrogen) atoms. The fourth-order valence-corrected chi connectivity index (χ4v) is 2.50. The lowest BCUT2D eigenvalue weighted by atomic mass is 9.93. The van der Waals surface area contributed by atoms with Crippen molar-refractivity contribution in [2.45, 2.75) is 45.1 Å². The normalized spacial score (nSPS) is 22.0. The Hall–Kier alpha value is -2.01. The molecule has 0 saturated heterocycles. The summed E-state index contributed by atoms with van der Waals surface area (Å²) in [5.74, 6) is 1.05. The van der Waals surface area contributed by atoms with E-state index in [9.17, 15) is 0 Å². The first-order valence-corrected chi connectivity index (χ1v) is 7.32. The van der Waals surface area contributed by atoms with Gasteiger partial charge in [-0.25, -0.2) is 0 Å². The summed E-state index contributed by atoms with van der Waals surface area (Å²) in [6.07, 6.45) is 19.2. The molecule has 2 aliphatic carbocycles. The first-order valence-electron chi connectivity index (χ1n) is 7.32. The Bertz CT molecular complexity index is 526. The number of rotatable bonds is 5. The summed E-state index contributed by atoms with van der Waals surface area (Å²) in [6, 6.07) is 2.16. The Balaban J connectivity index is 2.00. The molecule has 2 rings (SSSR count). The van der Waals surface area contributed by atoms with Crippen LogP contribution in [0.15, 0.2) is 59.4 Å². The van der Waals surface area contributed by atoms with E-state index in [0.29, 0.717) is 0 Å². The molecule has 0 aliphatic heterocycles. The molecule has 0 radical (unpaired) electrons. The van der Waals surface area contributed by atoms with Gasteiger partial charge < -0.3 is 4.74 Å². The zero-order valence-corrected chi connectivity index (χ0v) is 12.0. The molecule has 2 aliphatic rings. The Morgan fingerprint density at radius 1 is 1.40 bits per heavy atom. The van der Waals surface area contributed by atoms with E-state index in [4.69, 9.17) is 10.00 Å². The number of hydrogen-bond acceptors (Lipinski definition) is 2. The first kappa shape index (κ1) is 14.4. The highest BCUT2D eigenvalue weighted by molar-refractivity contribution is 5.39. The molecule has 1 unspecified atom stereocenters. The fraction of sp³-hybridized carbons (Fsp3) is 0.389. The van der Waals surface area contributed by atoms with Crippen LogP contribution in [0.3, 0.4) is 0 Å². The Kier molecular flexibility index (Phi) is 5.43. The zero-order chi connectivity index (χ0) is 14.2. The molecule has 0 heterocycles. The summed E-state index contributed by atoms with van der Waals surface area (Å²) in [5.41, 5.74) is 2.45. The Morgan fingerprint density at radius 2 is 2.30 bits per heavy atom. The maximum atomic E-state index is 8.85. The summed E-state index contributed by atoms with van der Waals surface area (Å²) in [6.45, 7) is 2.14. The molecule has 0 aromatic heterocycles. The summed E-state index contributed by atoms with van der Waals surface area (Å²) in [4.78, 5) is 0. The second kappa shape index (κ2) is 7.55. The molecule has 0 aromatic rings. The fourth-order valence-electron chi connectivity index (χ4n) is 2.50. The third kappa shape index (κ3) is 3.99. The van der Waals surface area contributed by atoms with Crippen molar-refractivity contribution < 1.29 is 4.74 Å². The molecule has 1 atom stereocenters. The van der Waals surface area contributed by atoms with Crippen molar-refractivity contribution in [1.82, 2.24) is 0 Å². The van der Waals surface area contributed by atoms with Gasteiger partial charge in [0.25, 0.3) is 0 Å². The van der Waals surface area contributed by atoms with Crippen LogP contribution in [0.5, 0.6) is 0 Å². The molecule has 0 amide bonds. The maximum absolute atomic E-state index is 8.85. The van der Waals surface area contributed by atoms with Crippen LogP contribution in [-0.4, -0.2) is 6.10 Å². The van der Waals surface area contributed by atoms with Gasteiger partial charge in [-0.3, -0.25) is 0 Å². The van der Waals surface area contributed by atoms with Gasteiger partial charge in [0.15, 0.2) is 0 Å². The Morgan fingerprint density at radius 3 is 2.90 bits per heavy atom. The molecule has 0 bridgehead atoms. The van der Waals surface area contributed by atoms with Gasteiger partial charge in [0.05, 0.1) is 11.8 Å². The van der Waals surface area contributed by atoms with Gasteiger partial charge in [0, 0.05) is 18.9 Å². The van der Waals surface area contributed by atoms with Crippen LogP contribution in [0.25, 0.3) is 0 Å². The monoisotopic (exact) mass is 267 g/mol. The molecule has 0 spiro atoms. The van der Waals surface area contributed by atoms with Crippen molar-refractivity contribution in [3.05, 3.63) is 59.4 Å². The molecule has 2 nitrogen and oxygen atoms in total. The van der Waals surface area contributed by atoms with E-state index in [-0.39, 0.29) is 6.10 Å². The quantitative estimate of drug-likeness (QED) is 0.674. The summed E-state index contributed by atoms with van der Waals surface area (Å²) < 4.78 is 5.97. The molecule has 0 N–H and O–H groups in total. The third-order valence-electron chi connectivity index (χ3n) is 3.53. The van der Waals surface area contributed by atoms with Crippen LogP contribution in [0, 0.1) is 11.3 Å². The first-order chi connectivity index (χ1) is 9.83. The van der Waals surface area contributed by atoms with Crippen molar-refractivity contribution in [3.63, 3.8) is 0 Å². The zero-order valence-electron chi connectivity index (χ0n) is 12.0. The molecular formula is C18H21NO. The van der Waals surface area contributed by atoms with Crippen LogP contribution >= 0.6 is 0 Å². The van der Waals surface area contributed by atoms with Gasteiger partial charge in [-0.15, -0.1) is 0 Å². The van der Waals surface area contributed by atoms with E-state index in [1.165, 1.54) is 11.1 Å². The van der Waals surface area contributed by atoms with E-state index >= 15 is 0 Å². The van der Waals surface area contributed by atoms with Crippen molar-refractivity contribution >= 4 is 0 Å². The Labute approximate surface area is 121 Å². The van der Waals surface area contributed by atoms with Crippen molar-refractivity contribution in [1.29, 1.82) is 5.26 Å². The molecule has 0 saturated carbocycles. The minimum absolute atomic E-state index is 0.172.